The molecule has 1 N–H and O–H groups in total. The van der Waals surface area contributed by atoms with Gasteiger partial charge in [-0.05, 0) is 19.1 Å². The van der Waals surface area contributed by atoms with Crippen LogP contribution < -0.4 is 0 Å². The molecule has 6 heteroatoms. The van der Waals surface area contributed by atoms with Crippen LogP contribution in [0.4, 0.5) is 4.39 Å². The number of aliphatic hydroxyl groups is 1. The first-order valence-corrected chi connectivity index (χ1v) is 5.01. The van der Waals surface area contributed by atoms with Crippen LogP contribution in [0.5, 0.6) is 0 Å². The number of hydrogen-bond acceptors (Lipinski definition) is 3. The molecule has 1 heterocycles. The fraction of sp³-hybridized carbons (Fsp3) is 0.200. The Morgan fingerprint density at radius 3 is 2.81 bits per heavy atom. The molecule has 0 spiro atoms. The number of rotatable bonds is 2. The third-order valence-corrected chi connectivity index (χ3v) is 2.41. The van der Waals surface area contributed by atoms with E-state index in [2.05, 4.69) is 10.3 Å². The number of aliphatic hydroxyl groups excluding tert-OH is 1. The molecule has 1 aromatic heterocycles. The van der Waals surface area contributed by atoms with Gasteiger partial charge in [0.15, 0.2) is 0 Å². The van der Waals surface area contributed by atoms with Crippen LogP contribution in [0.2, 0.25) is 5.02 Å². The number of hydrogen-bond donors (Lipinski definition) is 1. The van der Waals surface area contributed by atoms with Gasteiger partial charge in [0.05, 0.1) is 23.0 Å². The lowest BCUT2D eigenvalue weighted by atomic mass is 10.3. The fourth-order valence-electron chi connectivity index (χ4n) is 1.22. The Kier molecular flexibility index (Phi) is 2.89. The van der Waals surface area contributed by atoms with Crippen LogP contribution in [0.25, 0.3) is 5.69 Å². The first kappa shape index (κ1) is 11.0. The lowest BCUT2D eigenvalue weighted by molar-refractivity contribution is 0.194. The van der Waals surface area contributed by atoms with Gasteiger partial charge in [0.25, 0.3) is 0 Å². The van der Waals surface area contributed by atoms with E-state index in [1.54, 1.807) is 13.0 Å². The summed E-state index contributed by atoms with van der Waals surface area (Å²) in [5, 5.41) is 16.9. The highest BCUT2D eigenvalue weighted by Crippen LogP contribution is 2.18. The lowest BCUT2D eigenvalue weighted by Crippen LogP contribution is -1.95. The van der Waals surface area contributed by atoms with Crippen molar-refractivity contribution >= 4 is 11.6 Å². The summed E-state index contributed by atoms with van der Waals surface area (Å²) in [6.45, 7) is 1.58. The van der Waals surface area contributed by atoms with Crippen LogP contribution in [0.15, 0.2) is 24.4 Å². The van der Waals surface area contributed by atoms with Crippen molar-refractivity contribution in [2.24, 2.45) is 0 Å². The zero-order valence-electron chi connectivity index (χ0n) is 8.43. The fourth-order valence-corrected chi connectivity index (χ4v) is 1.34. The minimum Gasteiger partial charge on any atom is -0.387 e. The predicted molar refractivity (Wildman–Crippen MR) is 57.0 cm³/mol. The van der Waals surface area contributed by atoms with E-state index in [4.69, 9.17) is 11.6 Å². The van der Waals surface area contributed by atoms with Gasteiger partial charge < -0.3 is 5.11 Å². The highest BCUT2D eigenvalue weighted by Gasteiger charge is 2.08. The normalized spacial score (nSPS) is 12.8. The molecular weight excluding hydrogens is 233 g/mol. The van der Waals surface area contributed by atoms with Crippen LogP contribution in [0, 0.1) is 5.82 Å². The number of aromatic nitrogens is 3. The summed E-state index contributed by atoms with van der Waals surface area (Å²) in [5.74, 6) is -0.520. The maximum Gasteiger partial charge on any atom is 0.143 e. The molecule has 1 atom stereocenters. The van der Waals surface area contributed by atoms with Gasteiger partial charge in [0.1, 0.15) is 11.5 Å². The molecule has 0 fully saturated rings. The second-order valence-corrected chi connectivity index (χ2v) is 3.77. The molecule has 0 saturated heterocycles. The zero-order valence-corrected chi connectivity index (χ0v) is 9.19. The molecule has 0 aliphatic heterocycles. The van der Waals surface area contributed by atoms with Gasteiger partial charge in [-0.3, -0.25) is 0 Å². The second-order valence-electron chi connectivity index (χ2n) is 3.36. The molecule has 2 aromatic rings. The van der Waals surface area contributed by atoms with E-state index >= 15 is 0 Å². The van der Waals surface area contributed by atoms with Crippen molar-refractivity contribution in [3.8, 4) is 5.69 Å². The summed E-state index contributed by atoms with van der Waals surface area (Å²) in [4.78, 5) is 0. The molecule has 0 saturated carbocycles. The molecule has 84 valence electrons. The average Bonchev–Trinajstić information content (AvgIpc) is 2.71. The Hall–Kier alpha value is -1.46. The van der Waals surface area contributed by atoms with Crippen LogP contribution in [0.1, 0.15) is 18.7 Å². The molecule has 1 unspecified atom stereocenters. The van der Waals surface area contributed by atoms with E-state index in [-0.39, 0.29) is 5.02 Å². The van der Waals surface area contributed by atoms with Gasteiger partial charge in [-0.15, -0.1) is 5.10 Å². The SMILES string of the molecule is CC(O)c1cn(-c2ccc(Cl)c(F)c2)nn1. The summed E-state index contributed by atoms with van der Waals surface area (Å²) < 4.78 is 14.6. The summed E-state index contributed by atoms with van der Waals surface area (Å²) in [6, 6.07) is 4.31. The minimum atomic E-state index is -0.703. The van der Waals surface area contributed by atoms with Crippen molar-refractivity contribution in [1.82, 2.24) is 15.0 Å². The lowest BCUT2D eigenvalue weighted by Gasteiger charge is -2.01. The van der Waals surface area contributed by atoms with Crippen molar-refractivity contribution in [3.05, 3.63) is 40.9 Å². The maximum atomic E-state index is 13.2. The van der Waals surface area contributed by atoms with Gasteiger partial charge in [0, 0.05) is 6.07 Å². The monoisotopic (exact) mass is 241 g/mol. The van der Waals surface area contributed by atoms with Gasteiger partial charge in [0.2, 0.25) is 0 Å². The molecule has 0 bridgehead atoms. The summed E-state index contributed by atoms with van der Waals surface area (Å²) >= 11 is 5.56. The van der Waals surface area contributed by atoms with Crippen molar-refractivity contribution in [3.63, 3.8) is 0 Å². The molecule has 1 aromatic carbocycles. The van der Waals surface area contributed by atoms with E-state index in [0.29, 0.717) is 11.4 Å². The van der Waals surface area contributed by atoms with E-state index in [0.717, 1.165) is 0 Å². The quantitative estimate of drug-likeness (QED) is 0.876. The van der Waals surface area contributed by atoms with Crippen molar-refractivity contribution in [2.45, 2.75) is 13.0 Å². The Balaban J connectivity index is 2.39. The summed E-state index contributed by atoms with van der Waals surface area (Å²) in [6.07, 6.45) is 0.832. The summed E-state index contributed by atoms with van der Waals surface area (Å²) in [5.41, 5.74) is 0.927. The van der Waals surface area contributed by atoms with Crippen LogP contribution >= 0.6 is 11.6 Å². The van der Waals surface area contributed by atoms with Gasteiger partial charge in [-0.1, -0.05) is 16.8 Å². The maximum absolute atomic E-state index is 13.2. The Labute approximate surface area is 96.3 Å². The number of halogens is 2. The Morgan fingerprint density at radius 1 is 1.50 bits per heavy atom. The highest BCUT2D eigenvalue weighted by atomic mass is 35.5. The molecule has 0 aliphatic rings. The number of nitrogens with zero attached hydrogens (tertiary/aromatic N) is 3. The van der Waals surface area contributed by atoms with E-state index < -0.39 is 11.9 Å². The van der Waals surface area contributed by atoms with Gasteiger partial charge in [-0.2, -0.15) is 0 Å². The van der Waals surface area contributed by atoms with Gasteiger partial charge in [-0.25, -0.2) is 9.07 Å². The Morgan fingerprint density at radius 2 is 2.25 bits per heavy atom. The minimum absolute atomic E-state index is 0.0552. The molecule has 2 rings (SSSR count). The first-order valence-electron chi connectivity index (χ1n) is 4.63. The van der Waals surface area contributed by atoms with Gasteiger partial charge >= 0.3 is 0 Å². The van der Waals surface area contributed by atoms with Crippen LogP contribution in [-0.4, -0.2) is 20.1 Å². The van der Waals surface area contributed by atoms with Crippen LogP contribution in [-0.2, 0) is 0 Å². The third kappa shape index (κ3) is 2.05. The van der Waals surface area contributed by atoms with E-state index in [1.165, 1.54) is 23.0 Å². The molecule has 0 aliphatic carbocycles. The molecule has 0 amide bonds. The van der Waals surface area contributed by atoms with E-state index in [1.807, 2.05) is 0 Å². The van der Waals surface area contributed by atoms with Crippen LogP contribution in [0.3, 0.4) is 0 Å². The Bertz CT molecular complexity index is 513. The average molecular weight is 242 g/mol. The largest absolute Gasteiger partial charge is 0.387 e. The molecular formula is C10H9ClFN3O. The highest BCUT2D eigenvalue weighted by molar-refractivity contribution is 6.30. The number of benzene rings is 1. The topological polar surface area (TPSA) is 50.9 Å². The second kappa shape index (κ2) is 4.19. The smallest absolute Gasteiger partial charge is 0.143 e. The molecule has 0 radical (unpaired) electrons. The van der Waals surface area contributed by atoms with E-state index in [9.17, 15) is 9.50 Å². The van der Waals surface area contributed by atoms with Crippen molar-refractivity contribution in [1.29, 1.82) is 0 Å². The molecule has 16 heavy (non-hydrogen) atoms. The molecule has 4 nitrogen and oxygen atoms in total. The van der Waals surface area contributed by atoms with Crippen molar-refractivity contribution in [2.75, 3.05) is 0 Å². The third-order valence-electron chi connectivity index (χ3n) is 2.11. The standard InChI is InChI=1S/C10H9ClFN3O/c1-6(16)10-5-15(14-13-10)7-2-3-8(11)9(12)4-7/h2-6,16H,1H3. The predicted octanol–water partition coefficient (Wildman–Crippen LogP) is 2.11. The first-order chi connectivity index (χ1) is 7.58. The summed E-state index contributed by atoms with van der Waals surface area (Å²) in [7, 11) is 0. The zero-order chi connectivity index (χ0) is 11.7. The van der Waals surface area contributed by atoms with Crippen molar-refractivity contribution < 1.29 is 9.50 Å².